The van der Waals surface area contributed by atoms with Gasteiger partial charge in [0.1, 0.15) is 5.75 Å². The van der Waals surface area contributed by atoms with E-state index < -0.39 is 0 Å². The first kappa shape index (κ1) is 12.2. The molecule has 2 aromatic rings. The topological polar surface area (TPSA) is 34.1 Å². The van der Waals surface area contributed by atoms with Gasteiger partial charge in [0, 0.05) is 22.2 Å². The Labute approximate surface area is 109 Å². The number of nitrogens with one attached hydrogen (secondary N) is 1. The molecule has 0 unspecified atom stereocenters. The fourth-order valence-electron chi connectivity index (χ4n) is 1.48. The molecule has 0 radical (unpaired) electrons. The number of thiazole rings is 1. The fourth-order valence-corrected chi connectivity index (χ4v) is 2.17. The van der Waals surface area contributed by atoms with Gasteiger partial charge in [0.05, 0.1) is 24.9 Å². The van der Waals surface area contributed by atoms with Gasteiger partial charge in [0.25, 0.3) is 0 Å². The molecule has 0 fully saturated rings. The van der Waals surface area contributed by atoms with Crippen LogP contribution in [0.4, 0.5) is 5.69 Å². The normalized spacial score (nSPS) is 10.3. The number of anilines is 1. The lowest BCUT2D eigenvalue weighted by atomic mass is 10.2. The monoisotopic (exact) mass is 268 g/mol. The molecule has 1 aromatic carbocycles. The van der Waals surface area contributed by atoms with E-state index in [0.717, 1.165) is 23.5 Å². The van der Waals surface area contributed by atoms with E-state index in [1.165, 1.54) is 4.88 Å². The number of benzene rings is 1. The van der Waals surface area contributed by atoms with E-state index in [-0.39, 0.29) is 0 Å². The van der Waals surface area contributed by atoms with Crippen LogP contribution in [0.15, 0.2) is 23.8 Å². The van der Waals surface area contributed by atoms with E-state index >= 15 is 0 Å². The van der Waals surface area contributed by atoms with E-state index in [9.17, 15) is 0 Å². The summed E-state index contributed by atoms with van der Waals surface area (Å²) in [6, 6.07) is 3.81. The Bertz CT molecular complexity index is 499. The van der Waals surface area contributed by atoms with Crippen LogP contribution in [0.2, 0.25) is 5.02 Å². The van der Waals surface area contributed by atoms with Crippen molar-refractivity contribution in [3.8, 4) is 5.75 Å². The van der Waals surface area contributed by atoms with Gasteiger partial charge in [-0.15, -0.1) is 11.3 Å². The van der Waals surface area contributed by atoms with Gasteiger partial charge in [0.2, 0.25) is 0 Å². The van der Waals surface area contributed by atoms with Gasteiger partial charge in [0.15, 0.2) is 0 Å². The number of nitrogens with zero attached hydrogens (tertiary/aromatic N) is 1. The van der Waals surface area contributed by atoms with Crippen molar-refractivity contribution in [3.63, 3.8) is 0 Å². The first-order chi connectivity index (χ1) is 8.20. The van der Waals surface area contributed by atoms with E-state index in [1.807, 2.05) is 30.8 Å². The van der Waals surface area contributed by atoms with Crippen molar-refractivity contribution < 1.29 is 4.74 Å². The summed E-state index contributed by atoms with van der Waals surface area (Å²) in [7, 11) is 1.64. The zero-order valence-corrected chi connectivity index (χ0v) is 11.2. The van der Waals surface area contributed by atoms with Crippen molar-refractivity contribution in [2.24, 2.45) is 0 Å². The van der Waals surface area contributed by atoms with Crippen LogP contribution in [-0.2, 0) is 6.54 Å². The molecule has 1 aromatic heterocycles. The van der Waals surface area contributed by atoms with Crippen molar-refractivity contribution in [3.05, 3.63) is 39.3 Å². The zero-order chi connectivity index (χ0) is 12.3. The first-order valence-electron chi connectivity index (χ1n) is 5.16. The average molecular weight is 269 g/mol. The Balaban J connectivity index is 2.17. The molecule has 1 heterocycles. The van der Waals surface area contributed by atoms with Gasteiger partial charge >= 0.3 is 0 Å². The minimum Gasteiger partial charge on any atom is -0.495 e. The lowest BCUT2D eigenvalue weighted by Gasteiger charge is -2.12. The summed E-state index contributed by atoms with van der Waals surface area (Å²) in [5.41, 5.74) is 3.79. The summed E-state index contributed by atoms with van der Waals surface area (Å²) in [5, 5.41) is 4.03. The maximum Gasteiger partial charge on any atom is 0.143 e. The van der Waals surface area contributed by atoms with Crippen LogP contribution in [0.5, 0.6) is 5.75 Å². The number of halogens is 1. The third-order valence-corrected chi connectivity index (χ3v) is 3.60. The number of hydrogen-bond donors (Lipinski definition) is 1. The van der Waals surface area contributed by atoms with Gasteiger partial charge in [-0.1, -0.05) is 11.6 Å². The fraction of sp³-hybridized carbons (Fsp3) is 0.250. The van der Waals surface area contributed by atoms with Crippen molar-refractivity contribution in [2.45, 2.75) is 13.5 Å². The summed E-state index contributed by atoms with van der Waals surface area (Å²) in [6.45, 7) is 2.71. The van der Waals surface area contributed by atoms with Crippen LogP contribution in [0.25, 0.3) is 0 Å². The molecular weight excluding hydrogens is 256 g/mol. The maximum atomic E-state index is 6.05. The molecule has 3 nitrogen and oxygen atoms in total. The number of ether oxygens (including phenoxy) is 1. The van der Waals surface area contributed by atoms with Crippen molar-refractivity contribution in [2.75, 3.05) is 12.4 Å². The van der Waals surface area contributed by atoms with E-state index in [4.69, 9.17) is 16.3 Å². The number of aryl methyl sites for hydroxylation is 1. The lowest BCUT2D eigenvalue weighted by Crippen LogP contribution is -2.00. The highest BCUT2D eigenvalue weighted by molar-refractivity contribution is 7.09. The first-order valence-corrected chi connectivity index (χ1v) is 6.42. The Morgan fingerprint density at radius 3 is 2.94 bits per heavy atom. The molecule has 1 N–H and O–H groups in total. The zero-order valence-electron chi connectivity index (χ0n) is 9.66. The molecule has 2 rings (SSSR count). The smallest absolute Gasteiger partial charge is 0.143 e. The summed E-state index contributed by atoms with van der Waals surface area (Å²) >= 11 is 7.67. The molecule has 0 bridgehead atoms. The van der Waals surface area contributed by atoms with Crippen LogP contribution in [0.3, 0.4) is 0 Å². The molecule has 0 spiro atoms. The molecule has 0 saturated carbocycles. The second kappa shape index (κ2) is 5.38. The van der Waals surface area contributed by atoms with Gasteiger partial charge in [-0.3, -0.25) is 4.98 Å². The van der Waals surface area contributed by atoms with Gasteiger partial charge in [-0.05, 0) is 18.6 Å². The third kappa shape index (κ3) is 2.90. The Hall–Kier alpha value is -1.26. The van der Waals surface area contributed by atoms with Crippen LogP contribution < -0.4 is 10.1 Å². The predicted octanol–water partition coefficient (Wildman–Crippen LogP) is 3.73. The highest BCUT2D eigenvalue weighted by Gasteiger charge is 2.06. The molecule has 17 heavy (non-hydrogen) atoms. The molecule has 0 atom stereocenters. The molecule has 0 aliphatic rings. The minimum atomic E-state index is 0.713. The molecule has 0 aliphatic heterocycles. The Morgan fingerprint density at radius 1 is 1.47 bits per heavy atom. The molecule has 0 amide bonds. The molecule has 0 aliphatic carbocycles. The van der Waals surface area contributed by atoms with Crippen LogP contribution in [0.1, 0.15) is 10.4 Å². The number of rotatable bonds is 4. The third-order valence-electron chi connectivity index (χ3n) is 2.42. The number of methoxy groups -OCH3 is 1. The second-order valence-corrected chi connectivity index (χ2v) is 5.00. The SMILES string of the molecule is COc1cc(Cl)c(C)cc1NCc1cncs1. The number of hydrogen-bond acceptors (Lipinski definition) is 4. The minimum absolute atomic E-state index is 0.713. The van der Waals surface area contributed by atoms with Crippen molar-refractivity contribution in [1.82, 2.24) is 4.98 Å². The van der Waals surface area contributed by atoms with Gasteiger partial charge < -0.3 is 10.1 Å². The average Bonchev–Trinajstić information content (AvgIpc) is 2.83. The summed E-state index contributed by atoms with van der Waals surface area (Å²) in [5.74, 6) is 0.755. The second-order valence-electron chi connectivity index (χ2n) is 3.62. The van der Waals surface area contributed by atoms with E-state index in [1.54, 1.807) is 18.4 Å². The molecule has 0 saturated heterocycles. The standard InChI is InChI=1S/C12H13ClN2OS/c1-8-3-11(12(16-2)4-10(8)13)15-6-9-5-14-7-17-9/h3-5,7,15H,6H2,1-2H3. The Kier molecular flexibility index (Phi) is 3.86. The van der Waals surface area contributed by atoms with Crippen LogP contribution in [-0.4, -0.2) is 12.1 Å². The summed E-state index contributed by atoms with van der Waals surface area (Å²) in [4.78, 5) is 5.22. The molecule has 90 valence electrons. The predicted molar refractivity (Wildman–Crippen MR) is 72.2 cm³/mol. The van der Waals surface area contributed by atoms with E-state index in [0.29, 0.717) is 5.02 Å². The highest BCUT2D eigenvalue weighted by atomic mass is 35.5. The van der Waals surface area contributed by atoms with Crippen molar-refractivity contribution in [1.29, 1.82) is 0 Å². The summed E-state index contributed by atoms with van der Waals surface area (Å²) < 4.78 is 5.29. The van der Waals surface area contributed by atoms with Gasteiger partial charge in [-0.25, -0.2) is 0 Å². The van der Waals surface area contributed by atoms with Crippen LogP contribution in [0, 0.1) is 6.92 Å². The van der Waals surface area contributed by atoms with E-state index in [2.05, 4.69) is 10.3 Å². The quantitative estimate of drug-likeness (QED) is 0.918. The molecule has 5 heteroatoms. The number of aromatic nitrogens is 1. The molecular formula is C12H13ClN2OS. The van der Waals surface area contributed by atoms with Gasteiger partial charge in [-0.2, -0.15) is 0 Å². The highest BCUT2D eigenvalue weighted by Crippen LogP contribution is 2.31. The van der Waals surface area contributed by atoms with Crippen LogP contribution >= 0.6 is 22.9 Å². The Morgan fingerprint density at radius 2 is 2.29 bits per heavy atom. The maximum absolute atomic E-state index is 6.05. The largest absolute Gasteiger partial charge is 0.495 e. The lowest BCUT2D eigenvalue weighted by molar-refractivity contribution is 0.416. The summed E-state index contributed by atoms with van der Waals surface area (Å²) in [6.07, 6.45) is 1.85. The van der Waals surface area contributed by atoms with Crippen molar-refractivity contribution >= 4 is 28.6 Å².